The molecule has 0 aliphatic heterocycles. The van der Waals surface area contributed by atoms with Gasteiger partial charge in [-0.2, -0.15) is 5.10 Å². The number of aromatic nitrogens is 1. The van der Waals surface area contributed by atoms with E-state index in [9.17, 15) is 10.1 Å². The Hall–Kier alpha value is -2.83. The largest absolute Gasteiger partial charge is 0.318 e. The number of hydrazone groups is 1. The molecule has 28 heavy (non-hydrogen) atoms. The van der Waals surface area contributed by atoms with Gasteiger partial charge < -0.3 is 9.99 Å². The Bertz CT molecular complexity index is 1060. The first-order chi connectivity index (χ1) is 13.4. The maximum atomic E-state index is 11.2. The van der Waals surface area contributed by atoms with Crippen LogP contribution in [0.3, 0.4) is 0 Å². The van der Waals surface area contributed by atoms with E-state index in [1.165, 1.54) is 12.1 Å². The van der Waals surface area contributed by atoms with E-state index in [1.54, 1.807) is 12.3 Å². The van der Waals surface area contributed by atoms with Crippen LogP contribution < -0.4 is 5.43 Å². The minimum Gasteiger partial charge on any atom is -0.318 e. The molecule has 0 saturated heterocycles. The van der Waals surface area contributed by atoms with E-state index in [0.29, 0.717) is 17.3 Å². The maximum Gasteiger partial charge on any atom is 0.289 e. The molecule has 0 unspecified atom stereocenters. The fourth-order valence-electron chi connectivity index (χ4n) is 2.98. The highest BCUT2D eigenvalue weighted by atomic mass is 35.5. The molecule has 0 atom stereocenters. The average Bonchev–Trinajstić information content (AvgIpc) is 2.94. The molecule has 0 spiro atoms. The second-order valence-electron chi connectivity index (χ2n) is 6.24. The molecule has 0 radical (unpaired) electrons. The monoisotopic (exact) mass is 416 g/mol. The van der Waals surface area contributed by atoms with Crippen molar-refractivity contribution in [2.75, 3.05) is 0 Å². The van der Waals surface area contributed by atoms with E-state index >= 15 is 0 Å². The molecule has 0 aliphatic carbocycles. The van der Waals surface area contributed by atoms with Crippen molar-refractivity contribution in [3.8, 4) is 5.69 Å². The summed E-state index contributed by atoms with van der Waals surface area (Å²) in [6.45, 7) is 4.38. The SMILES string of the molecule is Cc1cc(/C=N\NCc2ccccc2Cl)c(C)n1-c1ccc(Cl)c([N+](=O)[O-])c1. The Morgan fingerprint density at radius 2 is 1.89 bits per heavy atom. The molecular weight excluding hydrogens is 399 g/mol. The Labute approximate surface area is 172 Å². The van der Waals surface area contributed by atoms with Crippen LogP contribution in [0.15, 0.2) is 53.6 Å². The molecule has 0 fully saturated rings. The number of hydrogen-bond acceptors (Lipinski definition) is 4. The zero-order valence-corrected chi connectivity index (χ0v) is 16.8. The third kappa shape index (κ3) is 4.18. The van der Waals surface area contributed by atoms with E-state index in [-0.39, 0.29) is 10.7 Å². The van der Waals surface area contributed by atoms with Gasteiger partial charge in [0.1, 0.15) is 5.02 Å². The molecule has 1 N–H and O–H groups in total. The van der Waals surface area contributed by atoms with Gasteiger partial charge in [0.05, 0.1) is 23.4 Å². The smallest absolute Gasteiger partial charge is 0.289 e. The minimum atomic E-state index is -0.485. The van der Waals surface area contributed by atoms with Crippen molar-refractivity contribution >= 4 is 35.1 Å². The first-order valence-electron chi connectivity index (χ1n) is 8.51. The number of benzene rings is 2. The van der Waals surface area contributed by atoms with E-state index in [0.717, 1.165) is 22.5 Å². The van der Waals surface area contributed by atoms with Crippen molar-refractivity contribution in [3.63, 3.8) is 0 Å². The Morgan fingerprint density at radius 1 is 1.14 bits per heavy atom. The summed E-state index contributed by atoms with van der Waals surface area (Å²) in [6.07, 6.45) is 1.72. The zero-order valence-electron chi connectivity index (χ0n) is 15.3. The van der Waals surface area contributed by atoms with Crippen LogP contribution in [0, 0.1) is 24.0 Å². The van der Waals surface area contributed by atoms with Crippen molar-refractivity contribution in [3.05, 3.63) is 91.2 Å². The molecule has 1 aromatic heterocycles. The average molecular weight is 417 g/mol. The van der Waals surface area contributed by atoms with Gasteiger partial charge >= 0.3 is 0 Å². The van der Waals surface area contributed by atoms with E-state index in [1.807, 2.05) is 48.7 Å². The number of nitrogens with zero attached hydrogens (tertiary/aromatic N) is 3. The van der Waals surface area contributed by atoms with Crippen molar-refractivity contribution < 1.29 is 4.92 Å². The van der Waals surface area contributed by atoms with Gasteiger partial charge in [0.15, 0.2) is 0 Å². The van der Waals surface area contributed by atoms with Crippen LogP contribution in [-0.2, 0) is 6.54 Å². The summed E-state index contributed by atoms with van der Waals surface area (Å²) in [4.78, 5) is 10.7. The predicted molar refractivity (Wildman–Crippen MR) is 113 cm³/mol. The Kier molecular flexibility index (Phi) is 6.02. The molecule has 8 heteroatoms. The van der Waals surface area contributed by atoms with E-state index in [2.05, 4.69) is 10.5 Å². The summed E-state index contributed by atoms with van der Waals surface area (Å²) >= 11 is 12.1. The summed E-state index contributed by atoms with van der Waals surface area (Å²) in [6, 6.07) is 14.3. The lowest BCUT2D eigenvalue weighted by molar-refractivity contribution is -0.384. The summed E-state index contributed by atoms with van der Waals surface area (Å²) < 4.78 is 1.93. The number of nitro groups is 1. The summed E-state index contributed by atoms with van der Waals surface area (Å²) in [7, 11) is 0. The second-order valence-corrected chi connectivity index (χ2v) is 7.05. The van der Waals surface area contributed by atoms with Crippen LogP contribution >= 0.6 is 23.2 Å². The maximum absolute atomic E-state index is 11.2. The number of rotatable bonds is 6. The molecule has 1 heterocycles. The summed E-state index contributed by atoms with van der Waals surface area (Å²) in [5.74, 6) is 0. The highest BCUT2D eigenvalue weighted by Gasteiger charge is 2.16. The van der Waals surface area contributed by atoms with E-state index in [4.69, 9.17) is 23.2 Å². The topological polar surface area (TPSA) is 72.5 Å². The fraction of sp³-hybridized carbons (Fsp3) is 0.150. The number of nitro benzene ring substituents is 1. The number of nitrogens with one attached hydrogen (secondary N) is 1. The highest BCUT2D eigenvalue weighted by Crippen LogP contribution is 2.29. The lowest BCUT2D eigenvalue weighted by Gasteiger charge is -2.10. The zero-order chi connectivity index (χ0) is 20.3. The molecule has 6 nitrogen and oxygen atoms in total. The molecule has 0 saturated carbocycles. The van der Waals surface area contributed by atoms with Gasteiger partial charge in [-0.05, 0) is 43.7 Å². The molecule has 0 aliphatic rings. The van der Waals surface area contributed by atoms with Crippen LogP contribution in [0.25, 0.3) is 5.69 Å². The van der Waals surface area contributed by atoms with Crippen molar-refractivity contribution in [2.24, 2.45) is 5.10 Å². The van der Waals surface area contributed by atoms with Crippen LogP contribution in [0.5, 0.6) is 0 Å². The first-order valence-corrected chi connectivity index (χ1v) is 9.26. The van der Waals surface area contributed by atoms with Crippen LogP contribution in [0.4, 0.5) is 5.69 Å². The third-order valence-electron chi connectivity index (χ3n) is 4.38. The minimum absolute atomic E-state index is 0.113. The van der Waals surface area contributed by atoms with Gasteiger partial charge in [-0.15, -0.1) is 0 Å². The van der Waals surface area contributed by atoms with Crippen LogP contribution in [0.1, 0.15) is 22.5 Å². The molecule has 3 rings (SSSR count). The molecular formula is C20H18Cl2N4O2. The lowest BCUT2D eigenvalue weighted by atomic mass is 10.2. The molecule has 3 aromatic rings. The number of aryl methyl sites for hydroxylation is 1. The second kappa shape index (κ2) is 8.46. The van der Waals surface area contributed by atoms with Gasteiger partial charge in [-0.3, -0.25) is 10.1 Å². The summed E-state index contributed by atoms with van der Waals surface area (Å²) in [5, 5.41) is 16.2. The Balaban J connectivity index is 1.81. The predicted octanol–water partition coefficient (Wildman–Crippen LogP) is 5.43. The van der Waals surface area contributed by atoms with Gasteiger partial charge in [0.2, 0.25) is 0 Å². The fourth-order valence-corrected chi connectivity index (χ4v) is 3.37. The molecule has 144 valence electrons. The molecule has 2 aromatic carbocycles. The van der Waals surface area contributed by atoms with E-state index < -0.39 is 4.92 Å². The van der Waals surface area contributed by atoms with Crippen molar-refractivity contribution in [1.29, 1.82) is 0 Å². The Morgan fingerprint density at radius 3 is 2.61 bits per heavy atom. The standard InChI is InChI=1S/C20H18Cl2N4O2/c1-13-9-16(12-24-23-11-15-5-3-4-6-18(15)21)14(2)25(13)17-7-8-19(22)20(10-17)26(27)28/h3-10,12,23H,11H2,1-2H3/b24-12-. The van der Waals surface area contributed by atoms with Crippen LogP contribution in [0.2, 0.25) is 10.0 Å². The first kappa shape index (κ1) is 19.9. The highest BCUT2D eigenvalue weighted by molar-refractivity contribution is 6.32. The van der Waals surface area contributed by atoms with Gasteiger partial charge in [0.25, 0.3) is 5.69 Å². The normalized spacial score (nSPS) is 11.1. The van der Waals surface area contributed by atoms with Gasteiger partial charge in [-0.25, -0.2) is 0 Å². The number of hydrogen-bond donors (Lipinski definition) is 1. The van der Waals surface area contributed by atoms with Crippen molar-refractivity contribution in [2.45, 2.75) is 20.4 Å². The van der Waals surface area contributed by atoms with Crippen LogP contribution in [-0.4, -0.2) is 15.7 Å². The van der Waals surface area contributed by atoms with Gasteiger partial charge in [0, 0.05) is 28.0 Å². The lowest BCUT2D eigenvalue weighted by Crippen LogP contribution is -2.06. The quantitative estimate of drug-likeness (QED) is 0.330. The third-order valence-corrected chi connectivity index (χ3v) is 5.07. The number of halogens is 2. The van der Waals surface area contributed by atoms with Crippen molar-refractivity contribution in [1.82, 2.24) is 9.99 Å². The molecule has 0 bridgehead atoms. The van der Waals surface area contributed by atoms with Gasteiger partial charge in [-0.1, -0.05) is 41.4 Å². The molecule has 0 amide bonds. The summed E-state index contributed by atoms with van der Waals surface area (Å²) in [5.41, 5.74) is 7.25.